The Kier molecular flexibility index (Phi) is 7.24. The Labute approximate surface area is 205 Å². The molecule has 35 heavy (non-hydrogen) atoms. The summed E-state index contributed by atoms with van der Waals surface area (Å²) in [5.41, 5.74) is 1.57. The molecule has 13 heteroatoms. The van der Waals surface area contributed by atoms with E-state index in [-0.39, 0.29) is 13.0 Å². The second-order valence-electron chi connectivity index (χ2n) is 8.76. The van der Waals surface area contributed by atoms with Crippen LogP contribution in [-0.4, -0.2) is 79.9 Å². The zero-order valence-electron chi connectivity index (χ0n) is 19.0. The van der Waals surface area contributed by atoms with Crippen molar-refractivity contribution < 1.29 is 36.0 Å². The topological polar surface area (TPSA) is 147 Å². The third-order valence-corrected chi connectivity index (χ3v) is 7.48. The van der Waals surface area contributed by atoms with Gasteiger partial charge < -0.3 is 18.9 Å². The van der Waals surface area contributed by atoms with E-state index < -0.39 is 22.0 Å². The minimum Gasteiger partial charge on any atom is -0.481 e. The highest BCUT2D eigenvalue weighted by atomic mass is 32.3. The van der Waals surface area contributed by atoms with Crippen LogP contribution in [0.5, 0.6) is 0 Å². The summed E-state index contributed by atoms with van der Waals surface area (Å²) in [6, 6.07) is 7.42. The number of benzene rings is 1. The van der Waals surface area contributed by atoms with Gasteiger partial charge in [0.15, 0.2) is 0 Å². The first-order valence-corrected chi connectivity index (χ1v) is 13.2. The largest absolute Gasteiger partial charge is 0.481 e. The van der Waals surface area contributed by atoms with E-state index in [1.807, 2.05) is 18.2 Å². The summed E-state index contributed by atoms with van der Waals surface area (Å²) in [4.78, 5) is 30.0. The predicted octanol–water partition coefficient (Wildman–Crippen LogP) is 2.02. The molecule has 3 heterocycles. The predicted molar refractivity (Wildman–Crippen MR) is 130 cm³/mol. The Hall–Kier alpha value is -2.84. The molecule has 2 N–H and O–H groups in total. The van der Waals surface area contributed by atoms with Crippen molar-refractivity contribution in [3.05, 3.63) is 45.8 Å². The van der Waals surface area contributed by atoms with Gasteiger partial charge in [0.05, 0.1) is 64.1 Å². The van der Waals surface area contributed by atoms with Crippen LogP contribution in [0.15, 0.2) is 38.9 Å². The van der Waals surface area contributed by atoms with E-state index in [0.29, 0.717) is 28.3 Å². The molecule has 4 rings (SSSR count). The van der Waals surface area contributed by atoms with Crippen molar-refractivity contribution in [1.29, 1.82) is 0 Å². The molecule has 3 aromatic rings. The molecular weight excluding hydrogens is 498 g/mol. The van der Waals surface area contributed by atoms with Crippen molar-refractivity contribution in [2.45, 2.75) is 12.8 Å². The van der Waals surface area contributed by atoms with E-state index in [1.165, 1.54) is 11.3 Å². The first-order chi connectivity index (χ1) is 16.5. The molecule has 0 bridgehead atoms. The smallest absolute Gasteiger partial charge is 0.397 e. The Balaban J connectivity index is 1.43. The van der Waals surface area contributed by atoms with Crippen LogP contribution in [0.1, 0.15) is 12.1 Å². The van der Waals surface area contributed by atoms with Crippen molar-refractivity contribution in [2.75, 3.05) is 51.3 Å². The van der Waals surface area contributed by atoms with Crippen molar-refractivity contribution in [2.24, 2.45) is 0 Å². The average Bonchev–Trinajstić information content (AvgIpc) is 3.23. The number of aliphatic carboxylic acids is 1. The second-order valence-corrected chi connectivity index (χ2v) is 10.7. The number of hydrogen-bond acceptors (Lipinski definition) is 9. The Bertz CT molecular complexity index is 1390. The molecule has 1 saturated heterocycles. The lowest BCUT2D eigenvalue weighted by atomic mass is 10.1. The number of quaternary nitrogens is 1. The molecule has 1 aromatic carbocycles. The number of aromatic nitrogens is 1. The summed E-state index contributed by atoms with van der Waals surface area (Å²) >= 11 is 1.21. The van der Waals surface area contributed by atoms with E-state index in [1.54, 1.807) is 11.4 Å². The van der Waals surface area contributed by atoms with E-state index in [2.05, 4.69) is 21.1 Å². The second kappa shape index (κ2) is 10.0. The number of carboxylic acids is 1. The highest BCUT2D eigenvalue weighted by molar-refractivity contribution is 7.80. The molecular formula is C22H26N3O8S2+. The molecule has 1 fully saturated rings. The maximum atomic E-state index is 12.6. The minimum atomic E-state index is -4.41. The quantitative estimate of drug-likeness (QED) is 0.184. The fourth-order valence-electron chi connectivity index (χ4n) is 4.15. The maximum absolute atomic E-state index is 12.6. The minimum absolute atomic E-state index is 0.0516. The molecule has 0 radical (unpaired) electrons. The van der Waals surface area contributed by atoms with Crippen molar-refractivity contribution in [1.82, 2.24) is 4.98 Å². The van der Waals surface area contributed by atoms with Crippen LogP contribution in [0.25, 0.3) is 21.5 Å². The number of carboxylic acid groups (broad SMARTS) is 1. The Morgan fingerprint density at radius 3 is 2.71 bits per heavy atom. The Morgan fingerprint density at radius 2 is 2.03 bits per heavy atom. The number of rotatable bonds is 9. The van der Waals surface area contributed by atoms with Gasteiger partial charge in [0.25, 0.3) is 0 Å². The van der Waals surface area contributed by atoms with Gasteiger partial charge in [-0.05, 0) is 18.2 Å². The molecule has 0 unspecified atom stereocenters. The lowest BCUT2D eigenvalue weighted by molar-refractivity contribution is -0.910. The molecule has 0 spiro atoms. The van der Waals surface area contributed by atoms with Crippen LogP contribution in [0.3, 0.4) is 0 Å². The zero-order valence-corrected chi connectivity index (χ0v) is 20.7. The van der Waals surface area contributed by atoms with Gasteiger partial charge in [0.2, 0.25) is 0 Å². The molecule has 188 valence electrons. The van der Waals surface area contributed by atoms with Crippen LogP contribution in [0.2, 0.25) is 0 Å². The van der Waals surface area contributed by atoms with Gasteiger partial charge in [-0.3, -0.25) is 9.35 Å². The third-order valence-electron chi connectivity index (χ3n) is 6.09. The summed E-state index contributed by atoms with van der Waals surface area (Å²) in [5, 5.41) is 11.7. The van der Waals surface area contributed by atoms with Gasteiger partial charge in [0, 0.05) is 28.9 Å². The van der Waals surface area contributed by atoms with Crippen LogP contribution in [0.4, 0.5) is 5.69 Å². The normalized spacial score (nSPS) is 16.0. The molecule has 2 aromatic heterocycles. The van der Waals surface area contributed by atoms with Crippen molar-refractivity contribution in [3.8, 4) is 10.6 Å². The highest BCUT2D eigenvalue weighted by Gasteiger charge is 2.29. The third kappa shape index (κ3) is 6.44. The van der Waals surface area contributed by atoms with Gasteiger partial charge in [-0.15, -0.1) is 11.3 Å². The van der Waals surface area contributed by atoms with Crippen LogP contribution >= 0.6 is 11.3 Å². The zero-order chi connectivity index (χ0) is 25.2. The summed E-state index contributed by atoms with van der Waals surface area (Å²) in [6.07, 6.45) is 0.307. The molecule has 1 aliphatic heterocycles. The summed E-state index contributed by atoms with van der Waals surface area (Å²) < 4.78 is 40.8. The van der Waals surface area contributed by atoms with Gasteiger partial charge in [0.1, 0.15) is 10.6 Å². The molecule has 0 aliphatic carbocycles. The summed E-state index contributed by atoms with van der Waals surface area (Å²) in [6.45, 7) is 3.91. The standard InChI is InChI=1S/C22H25N3O8S2/c1-25(7-2-10-32-35(29,30)31)8-5-24(6-9-25)17-4-3-15-11-18(22(28)33-19(15)13-17)21-23-16(14-34-21)12-20(26)27/h3-4,11,13-14H,2,5-10,12H2,1H3,(H-,26,27,29,30,31)/p+1. The number of piperazine rings is 1. The molecule has 0 atom stereocenters. The fraction of sp³-hybridized carbons (Fsp3) is 0.409. The molecule has 11 nitrogen and oxygen atoms in total. The number of carbonyl (C=O) groups is 1. The van der Waals surface area contributed by atoms with E-state index in [9.17, 15) is 18.0 Å². The average molecular weight is 525 g/mol. The van der Waals surface area contributed by atoms with E-state index in [0.717, 1.165) is 48.3 Å². The number of hydrogen-bond donors (Lipinski definition) is 2. The van der Waals surface area contributed by atoms with Gasteiger partial charge in [-0.25, -0.2) is 14.0 Å². The maximum Gasteiger partial charge on any atom is 0.397 e. The molecule has 1 aliphatic rings. The van der Waals surface area contributed by atoms with Crippen LogP contribution < -0.4 is 10.5 Å². The highest BCUT2D eigenvalue weighted by Crippen LogP contribution is 2.28. The summed E-state index contributed by atoms with van der Waals surface area (Å²) in [7, 11) is -2.30. The van der Waals surface area contributed by atoms with E-state index >= 15 is 0 Å². The molecule has 0 amide bonds. The molecule has 0 saturated carbocycles. The van der Waals surface area contributed by atoms with Crippen molar-refractivity contribution in [3.63, 3.8) is 0 Å². The van der Waals surface area contributed by atoms with Gasteiger partial charge >= 0.3 is 22.0 Å². The number of likely N-dealkylation sites (N-methyl/N-ethyl adjacent to an activating group) is 1. The van der Waals surface area contributed by atoms with Crippen molar-refractivity contribution >= 4 is 44.4 Å². The number of nitrogens with zero attached hydrogens (tertiary/aromatic N) is 3. The van der Waals surface area contributed by atoms with Crippen LogP contribution in [-0.2, 0) is 25.8 Å². The lowest BCUT2D eigenvalue weighted by Crippen LogP contribution is -2.57. The SMILES string of the molecule is C[N+]1(CCCOS(=O)(=O)O)CCN(c2ccc3cc(-c4nc(CC(=O)O)cs4)c(=O)oc3c2)CC1. The van der Waals surface area contributed by atoms with Gasteiger partial charge in [-0.1, -0.05) is 0 Å². The monoisotopic (exact) mass is 524 g/mol. The van der Waals surface area contributed by atoms with Crippen LogP contribution in [0, 0.1) is 0 Å². The summed E-state index contributed by atoms with van der Waals surface area (Å²) in [5.74, 6) is -0.983. The number of thiazole rings is 1. The number of anilines is 1. The fourth-order valence-corrected chi connectivity index (χ4v) is 5.30. The lowest BCUT2D eigenvalue weighted by Gasteiger charge is -2.43. The van der Waals surface area contributed by atoms with Gasteiger partial charge in [-0.2, -0.15) is 8.42 Å². The first-order valence-electron chi connectivity index (χ1n) is 11.0. The first kappa shape index (κ1) is 25.3. The van der Waals surface area contributed by atoms with E-state index in [4.69, 9.17) is 14.1 Å². The number of fused-ring (bicyclic) bond motifs is 1. The Morgan fingerprint density at radius 1 is 1.29 bits per heavy atom.